The van der Waals surface area contributed by atoms with E-state index >= 15 is 0 Å². The molecule has 1 radical (unpaired) electrons. The fourth-order valence-corrected chi connectivity index (χ4v) is 1.68. The Morgan fingerprint density at radius 1 is 0.704 bits per heavy atom. The maximum Gasteiger partial charge on any atom is 2.00 e. The maximum absolute atomic E-state index is 5.65. The van der Waals surface area contributed by atoms with E-state index in [4.69, 9.17) is 10.8 Å². The predicted molar refractivity (Wildman–Crippen MR) is 112 cm³/mol. The van der Waals surface area contributed by atoms with E-state index in [-0.39, 0.29) is 18.6 Å². The van der Waals surface area contributed by atoms with Gasteiger partial charge in [0.25, 0.3) is 0 Å². The molecule has 0 spiro atoms. The molecule has 0 unspecified atom stereocenters. The smallest absolute Gasteiger partial charge is 0.697 e. The molecule has 0 saturated heterocycles. The summed E-state index contributed by atoms with van der Waals surface area (Å²) >= 11 is 0. The first-order chi connectivity index (χ1) is 12.8. The SMILES string of the molecule is CC.CC.CC.[C-]#C.[CH2-]c1ccc(-c2nnc(-c3ccccc3)o2)cc1.[V+2]. The Labute approximate surface area is 177 Å². The average Bonchev–Trinajstić information content (AvgIpc) is 3.25. The zero-order valence-electron chi connectivity index (χ0n) is 17.2. The first-order valence-electron chi connectivity index (χ1n) is 8.93. The summed E-state index contributed by atoms with van der Waals surface area (Å²) in [6, 6.07) is 17.4. The Balaban J connectivity index is -0.000000572. The molecule has 27 heavy (non-hydrogen) atoms. The van der Waals surface area contributed by atoms with Crippen molar-refractivity contribution in [3.63, 3.8) is 0 Å². The van der Waals surface area contributed by atoms with Crippen LogP contribution in [0.2, 0.25) is 0 Å². The van der Waals surface area contributed by atoms with Crippen molar-refractivity contribution in [1.29, 1.82) is 0 Å². The van der Waals surface area contributed by atoms with Gasteiger partial charge in [0.05, 0.1) is 0 Å². The van der Waals surface area contributed by atoms with Crippen LogP contribution in [0.15, 0.2) is 59.0 Å². The maximum atomic E-state index is 5.65. The first-order valence-corrected chi connectivity index (χ1v) is 8.93. The van der Waals surface area contributed by atoms with Crippen molar-refractivity contribution in [3.8, 4) is 29.3 Å². The second kappa shape index (κ2) is 19.9. The summed E-state index contributed by atoms with van der Waals surface area (Å²) in [7, 11) is 0. The van der Waals surface area contributed by atoms with Gasteiger partial charge in [0.2, 0.25) is 11.8 Å². The van der Waals surface area contributed by atoms with E-state index in [0.29, 0.717) is 11.8 Å². The summed E-state index contributed by atoms with van der Waals surface area (Å²) in [5.41, 5.74) is 2.78. The summed E-state index contributed by atoms with van der Waals surface area (Å²) in [6.07, 6.45) is 9.00. The van der Waals surface area contributed by atoms with E-state index in [9.17, 15) is 0 Å². The molecule has 0 atom stereocenters. The summed E-state index contributed by atoms with van der Waals surface area (Å²) < 4.78 is 5.65. The predicted octanol–water partition coefficient (Wildman–Crippen LogP) is 6.87. The number of nitrogens with zero attached hydrogens (tertiary/aromatic N) is 2. The minimum absolute atomic E-state index is 0. The quantitative estimate of drug-likeness (QED) is 0.347. The molecule has 0 bridgehead atoms. The third kappa shape index (κ3) is 10.4. The zero-order chi connectivity index (χ0) is 20.4. The van der Waals surface area contributed by atoms with E-state index in [1.807, 2.05) is 96.1 Å². The van der Waals surface area contributed by atoms with Crippen molar-refractivity contribution < 1.29 is 23.0 Å². The van der Waals surface area contributed by atoms with E-state index < -0.39 is 0 Å². The Morgan fingerprint density at radius 3 is 1.48 bits per heavy atom. The van der Waals surface area contributed by atoms with Gasteiger partial charge in [0, 0.05) is 11.1 Å². The molecular weight excluding hydrogens is 371 g/mol. The molecule has 3 rings (SSSR count). The van der Waals surface area contributed by atoms with Crippen molar-refractivity contribution in [2.24, 2.45) is 0 Å². The molecule has 1 aromatic heterocycles. The van der Waals surface area contributed by atoms with Crippen LogP contribution in [-0.4, -0.2) is 10.2 Å². The summed E-state index contributed by atoms with van der Waals surface area (Å²) in [4.78, 5) is 0. The molecular formula is C23H30N2OV. The van der Waals surface area contributed by atoms with Crippen LogP contribution in [0, 0.1) is 19.8 Å². The monoisotopic (exact) mass is 401 g/mol. The number of hydrogen-bond donors (Lipinski definition) is 0. The fraction of sp³-hybridized carbons (Fsp3) is 0.261. The van der Waals surface area contributed by atoms with E-state index in [1.165, 1.54) is 0 Å². The molecule has 3 aromatic rings. The van der Waals surface area contributed by atoms with Crippen LogP contribution < -0.4 is 0 Å². The minimum atomic E-state index is 0. The first kappa shape index (κ1) is 29.4. The van der Waals surface area contributed by atoms with Gasteiger partial charge in [0.1, 0.15) is 0 Å². The van der Waals surface area contributed by atoms with Crippen LogP contribution in [0.25, 0.3) is 22.9 Å². The van der Waals surface area contributed by atoms with Gasteiger partial charge in [0.15, 0.2) is 0 Å². The molecule has 0 aliphatic carbocycles. The Morgan fingerprint density at radius 2 is 1.07 bits per heavy atom. The Kier molecular flexibility index (Phi) is 21.7. The molecule has 4 heteroatoms. The molecule has 1 heterocycles. The van der Waals surface area contributed by atoms with Crippen molar-refractivity contribution in [3.05, 3.63) is 73.5 Å². The van der Waals surface area contributed by atoms with Gasteiger partial charge in [-0.1, -0.05) is 59.7 Å². The molecule has 3 nitrogen and oxygen atoms in total. The fourth-order valence-electron chi connectivity index (χ4n) is 1.68. The molecule has 0 saturated carbocycles. The molecule has 143 valence electrons. The van der Waals surface area contributed by atoms with Crippen LogP contribution in [0.4, 0.5) is 0 Å². The average molecular weight is 401 g/mol. The second-order valence-electron chi connectivity index (χ2n) is 3.98. The third-order valence-corrected chi connectivity index (χ3v) is 2.65. The Hall–Kier alpha value is -2.41. The van der Waals surface area contributed by atoms with Gasteiger partial charge in [-0.05, 0) is 12.1 Å². The van der Waals surface area contributed by atoms with Gasteiger partial charge >= 0.3 is 18.6 Å². The number of terminal acetylenes is 1. The number of benzene rings is 2. The topological polar surface area (TPSA) is 38.9 Å². The summed E-state index contributed by atoms with van der Waals surface area (Å²) in [5.74, 6) is 1.05. The zero-order valence-corrected chi connectivity index (χ0v) is 18.6. The van der Waals surface area contributed by atoms with Crippen LogP contribution in [-0.2, 0) is 18.6 Å². The minimum Gasteiger partial charge on any atom is -0.697 e. The van der Waals surface area contributed by atoms with Gasteiger partial charge in [-0.3, -0.25) is 0 Å². The summed E-state index contributed by atoms with van der Waals surface area (Å²) in [5, 5.41) is 8.11. The number of hydrogen-bond acceptors (Lipinski definition) is 3. The standard InChI is InChI=1S/C15H11N2O.3C2H6.C2H.V/c1-11-7-9-13(10-8-11)15-17-16-14(18-15)12-5-3-2-4-6-12;4*1-2;/h2-10H,1H2;3*1-2H3;1H;/q-1;;;;-1;+2. The van der Waals surface area contributed by atoms with Crippen molar-refractivity contribution in [2.45, 2.75) is 41.5 Å². The number of rotatable bonds is 2. The van der Waals surface area contributed by atoms with Crippen LogP contribution >= 0.6 is 0 Å². The van der Waals surface area contributed by atoms with E-state index in [2.05, 4.69) is 23.5 Å². The largest absolute Gasteiger partial charge is 2.00 e. The molecule has 0 amide bonds. The van der Waals surface area contributed by atoms with Gasteiger partial charge in [-0.2, -0.15) is 24.6 Å². The van der Waals surface area contributed by atoms with Gasteiger partial charge in [-0.15, -0.1) is 22.3 Å². The molecule has 2 aromatic carbocycles. The molecule has 0 fully saturated rings. The van der Waals surface area contributed by atoms with Crippen molar-refractivity contribution in [1.82, 2.24) is 10.2 Å². The third-order valence-electron chi connectivity index (χ3n) is 2.65. The second-order valence-corrected chi connectivity index (χ2v) is 3.98. The van der Waals surface area contributed by atoms with Crippen LogP contribution in [0.5, 0.6) is 0 Å². The number of aromatic nitrogens is 2. The van der Waals surface area contributed by atoms with Crippen LogP contribution in [0.3, 0.4) is 0 Å². The van der Waals surface area contributed by atoms with E-state index in [1.54, 1.807) is 0 Å². The van der Waals surface area contributed by atoms with E-state index in [0.717, 1.165) is 16.7 Å². The van der Waals surface area contributed by atoms with Gasteiger partial charge < -0.3 is 17.3 Å². The van der Waals surface area contributed by atoms with Crippen molar-refractivity contribution >= 4 is 0 Å². The van der Waals surface area contributed by atoms with Crippen LogP contribution in [0.1, 0.15) is 47.1 Å². The molecule has 0 N–H and O–H groups in total. The Bertz CT molecular complexity index is 689. The van der Waals surface area contributed by atoms with Gasteiger partial charge in [-0.25, -0.2) is 0 Å². The van der Waals surface area contributed by atoms with Crippen molar-refractivity contribution in [2.75, 3.05) is 0 Å². The normalized spacial score (nSPS) is 7.70. The summed E-state index contributed by atoms with van der Waals surface area (Å²) in [6.45, 7) is 15.8. The molecule has 0 aliphatic heterocycles. The molecule has 0 aliphatic rings.